The van der Waals surface area contributed by atoms with Crippen LogP contribution >= 0.6 is 22.9 Å². The van der Waals surface area contributed by atoms with Crippen molar-refractivity contribution >= 4 is 28.7 Å². The lowest BCUT2D eigenvalue weighted by atomic mass is 9.98. The summed E-state index contributed by atoms with van der Waals surface area (Å²) in [5.41, 5.74) is 5.51. The molecule has 0 aliphatic carbocycles. The van der Waals surface area contributed by atoms with Gasteiger partial charge in [0.15, 0.2) is 5.78 Å². The third-order valence-corrected chi connectivity index (χ3v) is 3.12. The summed E-state index contributed by atoms with van der Waals surface area (Å²) in [6.07, 6.45) is 1.18. The van der Waals surface area contributed by atoms with Gasteiger partial charge in [-0.2, -0.15) is 0 Å². The van der Waals surface area contributed by atoms with E-state index in [4.69, 9.17) is 17.3 Å². The highest BCUT2D eigenvalue weighted by molar-refractivity contribution is 7.18. The molecule has 0 amide bonds. The van der Waals surface area contributed by atoms with Crippen LogP contribution in [0.2, 0.25) is 4.34 Å². The molecule has 1 aromatic rings. The number of nitrogens with two attached hydrogens (primary N) is 1. The van der Waals surface area contributed by atoms with Gasteiger partial charge in [-0.3, -0.25) is 4.79 Å². The van der Waals surface area contributed by atoms with Crippen LogP contribution in [-0.2, 0) is 0 Å². The molecule has 1 rings (SSSR count). The summed E-state index contributed by atoms with van der Waals surface area (Å²) in [5.74, 6) is 0.125. The van der Waals surface area contributed by atoms with Gasteiger partial charge in [0.25, 0.3) is 0 Å². The van der Waals surface area contributed by atoms with Crippen LogP contribution in [0.3, 0.4) is 0 Å². The number of ketones is 1. The van der Waals surface area contributed by atoms with Gasteiger partial charge in [-0.1, -0.05) is 11.6 Å². The van der Waals surface area contributed by atoms with E-state index in [1.54, 1.807) is 12.1 Å². The lowest BCUT2D eigenvalue weighted by Gasteiger charge is -2.16. The molecule has 2 N–H and O–H groups in total. The number of rotatable bonds is 4. The van der Waals surface area contributed by atoms with E-state index < -0.39 is 0 Å². The van der Waals surface area contributed by atoms with Crippen molar-refractivity contribution in [3.63, 3.8) is 0 Å². The maximum Gasteiger partial charge on any atom is 0.172 e. The standard InChI is InChI=1S/C10H14ClNOS/c1-10(2,12)6-5-7(13)8-3-4-9(11)14-8/h3-4H,5-6,12H2,1-2H3. The Bertz CT molecular complexity index is 327. The van der Waals surface area contributed by atoms with Crippen molar-refractivity contribution in [3.8, 4) is 0 Å². The van der Waals surface area contributed by atoms with Crippen molar-refractivity contribution in [2.24, 2.45) is 5.73 Å². The van der Waals surface area contributed by atoms with Gasteiger partial charge in [-0.05, 0) is 32.4 Å². The summed E-state index contributed by atoms with van der Waals surface area (Å²) in [5, 5.41) is 0. The Morgan fingerprint density at radius 3 is 2.64 bits per heavy atom. The molecule has 4 heteroatoms. The predicted molar refractivity (Wildman–Crippen MR) is 61.2 cm³/mol. The van der Waals surface area contributed by atoms with E-state index in [1.807, 2.05) is 13.8 Å². The first-order valence-corrected chi connectivity index (χ1v) is 5.65. The highest BCUT2D eigenvalue weighted by Crippen LogP contribution is 2.23. The maximum atomic E-state index is 11.6. The van der Waals surface area contributed by atoms with Crippen molar-refractivity contribution < 1.29 is 4.79 Å². The van der Waals surface area contributed by atoms with E-state index >= 15 is 0 Å². The third-order valence-electron chi connectivity index (χ3n) is 1.84. The molecule has 2 nitrogen and oxygen atoms in total. The molecule has 0 saturated heterocycles. The quantitative estimate of drug-likeness (QED) is 0.810. The minimum atomic E-state index is -0.281. The molecular formula is C10H14ClNOS. The van der Waals surface area contributed by atoms with E-state index in [0.717, 1.165) is 4.88 Å². The smallest absolute Gasteiger partial charge is 0.172 e. The summed E-state index contributed by atoms with van der Waals surface area (Å²) >= 11 is 7.06. The summed E-state index contributed by atoms with van der Waals surface area (Å²) in [7, 11) is 0. The first-order chi connectivity index (χ1) is 6.38. The van der Waals surface area contributed by atoms with E-state index in [9.17, 15) is 4.79 Å². The second-order valence-corrected chi connectivity index (χ2v) is 5.73. The second-order valence-electron chi connectivity index (χ2n) is 4.02. The van der Waals surface area contributed by atoms with Gasteiger partial charge >= 0.3 is 0 Å². The molecule has 14 heavy (non-hydrogen) atoms. The SMILES string of the molecule is CC(C)(N)CCC(=O)c1ccc(Cl)s1. The van der Waals surface area contributed by atoms with Gasteiger partial charge in [0.1, 0.15) is 0 Å². The maximum absolute atomic E-state index is 11.6. The van der Waals surface area contributed by atoms with Gasteiger partial charge in [0, 0.05) is 12.0 Å². The van der Waals surface area contributed by atoms with Crippen LogP contribution in [0, 0.1) is 0 Å². The van der Waals surface area contributed by atoms with Crippen molar-refractivity contribution in [1.82, 2.24) is 0 Å². The Hall–Kier alpha value is -0.380. The number of carbonyl (C=O) groups is 1. The topological polar surface area (TPSA) is 43.1 Å². The Morgan fingerprint density at radius 1 is 1.57 bits per heavy atom. The van der Waals surface area contributed by atoms with Crippen LogP contribution in [0.25, 0.3) is 0 Å². The van der Waals surface area contributed by atoms with Crippen LogP contribution in [-0.4, -0.2) is 11.3 Å². The Labute approximate surface area is 93.1 Å². The van der Waals surface area contributed by atoms with E-state index in [-0.39, 0.29) is 11.3 Å². The molecule has 0 unspecified atom stereocenters. The number of Topliss-reactive ketones (excluding diaryl/α,β-unsaturated/α-hetero) is 1. The molecule has 0 saturated carbocycles. The van der Waals surface area contributed by atoms with Crippen LogP contribution in [0.4, 0.5) is 0 Å². The van der Waals surface area contributed by atoms with Crippen molar-refractivity contribution in [2.75, 3.05) is 0 Å². The second kappa shape index (κ2) is 4.43. The minimum absolute atomic E-state index is 0.125. The number of hydrogen-bond donors (Lipinski definition) is 1. The molecule has 0 aliphatic rings. The minimum Gasteiger partial charge on any atom is -0.326 e. The summed E-state index contributed by atoms with van der Waals surface area (Å²) in [6.45, 7) is 3.84. The van der Waals surface area contributed by atoms with Gasteiger partial charge in [0.05, 0.1) is 9.21 Å². The van der Waals surface area contributed by atoms with Gasteiger partial charge in [0.2, 0.25) is 0 Å². The number of thiophene rings is 1. The molecular weight excluding hydrogens is 218 g/mol. The zero-order valence-corrected chi connectivity index (χ0v) is 9.91. The first kappa shape index (κ1) is 11.7. The highest BCUT2D eigenvalue weighted by Gasteiger charge is 2.15. The molecule has 78 valence electrons. The highest BCUT2D eigenvalue weighted by atomic mass is 35.5. The van der Waals surface area contributed by atoms with Crippen LogP contribution < -0.4 is 5.73 Å². The molecule has 0 fully saturated rings. The van der Waals surface area contributed by atoms with Crippen LogP contribution in [0.15, 0.2) is 12.1 Å². The van der Waals surface area contributed by atoms with Gasteiger partial charge < -0.3 is 5.73 Å². The summed E-state index contributed by atoms with van der Waals surface area (Å²) < 4.78 is 0.653. The zero-order chi connectivity index (χ0) is 10.8. The van der Waals surface area contributed by atoms with E-state index in [1.165, 1.54) is 11.3 Å². The van der Waals surface area contributed by atoms with Crippen molar-refractivity contribution in [3.05, 3.63) is 21.3 Å². The Kier molecular flexibility index (Phi) is 3.70. The normalized spacial score (nSPS) is 11.7. The molecule has 1 heterocycles. The van der Waals surface area contributed by atoms with E-state index in [2.05, 4.69) is 0 Å². The number of carbonyl (C=O) groups excluding carboxylic acids is 1. The van der Waals surface area contributed by atoms with Crippen LogP contribution in [0.1, 0.15) is 36.4 Å². The Morgan fingerprint density at radius 2 is 2.21 bits per heavy atom. The van der Waals surface area contributed by atoms with Gasteiger partial charge in [-0.15, -0.1) is 11.3 Å². The number of halogens is 1. The van der Waals surface area contributed by atoms with Gasteiger partial charge in [-0.25, -0.2) is 0 Å². The molecule has 1 aromatic heterocycles. The number of hydrogen-bond acceptors (Lipinski definition) is 3. The predicted octanol–water partition coefficient (Wildman–Crippen LogP) is 3.10. The monoisotopic (exact) mass is 231 g/mol. The average Bonchev–Trinajstić information content (AvgIpc) is 2.46. The lowest BCUT2D eigenvalue weighted by molar-refractivity contribution is 0.0976. The molecule has 0 bridgehead atoms. The van der Waals surface area contributed by atoms with Crippen molar-refractivity contribution in [2.45, 2.75) is 32.2 Å². The zero-order valence-electron chi connectivity index (χ0n) is 8.34. The largest absolute Gasteiger partial charge is 0.326 e. The van der Waals surface area contributed by atoms with Crippen molar-refractivity contribution in [1.29, 1.82) is 0 Å². The fourth-order valence-electron chi connectivity index (χ4n) is 1.02. The molecule has 0 atom stereocenters. The molecule has 0 aromatic carbocycles. The average molecular weight is 232 g/mol. The first-order valence-electron chi connectivity index (χ1n) is 4.46. The Balaban J connectivity index is 2.52. The van der Waals surface area contributed by atoms with E-state index in [0.29, 0.717) is 17.2 Å². The summed E-state index contributed by atoms with van der Waals surface area (Å²) in [6, 6.07) is 3.51. The molecule has 0 aliphatic heterocycles. The van der Waals surface area contributed by atoms with Crippen LogP contribution in [0.5, 0.6) is 0 Å². The lowest BCUT2D eigenvalue weighted by Crippen LogP contribution is -2.32. The molecule has 0 spiro atoms. The fraction of sp³-hybridized carbons (Fsp3) is 0.500. The summed E-state index contributed by atoms with van der Waals surface area (Å²) in [4.78, 5) is 12.3. The third kappa shape index (κ3) is 3.78. The molecule has 0 radical (unpaired) electrons. The fourth-order valence-corrected chi connectivity index (χ4v) is 2.03.